The number of aliphatic imine (C=N–C) groups is 1. The Morgan fingerprint density at radius 3 is 2.61 bits per heavy atom. The number of guanidine groups is 1. The number of nitrogens with one attached hydrogen (secondary N) is 3. The molecule has 152 valence electrons. The molecule has 6 nitrogen and oxygen atoms in total. The van der Waals surface area contributed by atoms with Gasteiger partial charge in [-0.3, -0.25) is 9.79 Å². The van der Waals surface area contributed by atoms with Crippen LogP contribution in [0.3, 0.4) is 0 Å². The third-order valence-corrected chi connectivity index (χ3v) is 5.84. The number of thiazole rings is 1. The van der Waals surface area contributed by atoms with Crippen molar-refractivity contribution in [3.63, 3.8) is 0 Å². The fourth-order valence-electron chi connectivity index (χ4n) is 2.98. The molecule has 0 unspecified atom stereocenters. The maximum absolute atomic E-state index is 12.1. The molecule has 0 atom stereocenters. The molecule has 0 aliphatic heterocycles. The van der Waals surface area contributed by atoms with Crippen LogP contribution in [0.4, 0.5) is 5.69 Å². The first-order chi connectivity index (χ1) is 13.0. The standard InChI is InChI=1S/C20H27N5OS.HI/c1-13-18(27-14(2)24-13)12-23-20(21-3)22-11-15-6-4-9-17(10-15)25-19(26)16-7-5-8-16;/h4,6,9-10,16H,5,7-8,11-12H2,1-3H3,(H,25,26)(H2,21,22,23);1H. The van der Waals surface area contributed by atoms with Gasteiger partial charge >= 0.3 is 0 Å². The van der Waals surface area contributed by atoms with Gasteiger partial charge in [0.1, 0.15) is 0 Å². The highest BCUT2D eigenvalue weighted by atomic mass is 127. The number of hydrogen-bond donors (Lipinski definition) is 3. The van der Waals surface area contributed by atoms with Crippen LogP contribution in [0.15, 0.2) is 29.3 Å². The molecule has 0 bridgehead atoms. The second-order valence-electron chi connectivity index (χ2n) is 6.84. The Morgan fingerprint density at radius 1 is 1.25 bits per heavy atom. The second kappa shape index (κ2) is 10.8. The molecule has 2 aromatic rings. The molecule has 1 heterocycles. The van der Waals surface area contributed by atoms with E-state index in [1.54, 1.807) is 18.4 Å². The lowest BCUT2D eigenvalue weighted by Crippen LogP contribution is -2.36. The minimum absolute atomic E-state index is 0. The van der Waals surface area contributed by atoms with Gasteiger partial charge in [0, 0.05) is 30.1 Å². The zero-order chi connectivity index (χ0) is 19.2. The van der Waals surface area contributed by atoms with Gasteiger partial charge in [0.2, 0.25) is 5.91 Å². The Labute approximate surface area is 187 Å². The van der Waals surface area contributed by atoms with Crippen LogP contribution in [0.25, 0.3) is 0 Å². The van der Waals surface area contributed by atoms with Crippen molar-refractivity contribution in [3.8, 4) is 0 Å². The average molecular weight is 513 g/mol. The van der Waals surface area contributed by atoms with Crippen molar-refractivity contribution >= 4 is 52.9 Å². The summed E-state index contributed by atoms with van der Waals surface area (Å²) < 4.78 is 0. The van der Waals surface area contributed by atoms with Crippen LogP contribution in [0.5, 0.6) is 0 Å². The molecule has 0 spiro atoms. The molecule has 1 fully saturated rings. The van der Waals surface area contributed by atoms with Crippen molar-refractivity contribution in [2.45, 2.75) is 46.2 Å². The summed E-state index contributed by atoms with van der Waals surface area (Å²) in [5.74, 6) is 1.07. The van der Waals surface area contributed by atoms with E-state index in [-0.39, 0.29) is 35.8 Å². The lowest BCUT2D eigenvalue weighted by Gasteiger charge is -2.24. The number of benzene rings is 1. The molecule has 8 heteroatoms. The summed E-state index contributed by atoms with van der Waals surface area (Å²) in [6.45, 7) is 5.38. The Hall–Kier alpha value is -1.68. The highest BCUT2D eigenvalue weighted by molar-refractivity contribution is 14.0. The summed E-state index contributed by atoms with van der Waals surface area (Å²) in [6.07, 6.45) is 3.18. The van der Waals surface area contributed by atoms with Gasteiger partial charge in [-0.25, -0.2) is 4.98 Å². The largest absolute Gasteiger partial charge is 0.352 e. The van der Waals surface area contributed by atoms with Crippen molar-refractivity contribution in [1.82, 2.24) is 15.6 Å². The number of anilines is 1. The fraction of sp³-hybridized carbons (Fsp3) is 0.450. The summed E-state index contributed by atoms with van der Waals surface area (Å²) in [5.41, 5.74) is 3.01. The van der Waals surface area contributed by atoms with E-state index in [9.17, 15) is 4.79 Å². The molecular formula is C20H28IN5OS. The average Bonchev–Trinajstić information content (AvgIpc) is 2.91. The van der Waals surface area contributed by atoms with Crippen LogP contribution in [0.1, 0.15) is 40.4 Å². The summed E-state index contributed by atoms with van der Waals surface area (Å²) in [4.78, 5) is 22.1. The molecule has 1 aliphatic rings. The third kappa shape index (κ3) is 6.16. The van der Waals surface area contributed by atoms with Gasteiger partial charge in [0.05, 0.1) is 17.2 Å². The van der Waals surface area contributed by atoms with Gasteiger partial charge in [-0.15, -0.1) is 35.3 Å². The van der Waals surface area contributed by atoms with Crippen LogP contribution in [0.2, 0.25) is 0 Å². The predicted molar refractivity (Wildman–Crippen MR) is 126 cm³/mol. The van der Waals surface area contributed by atoms with Crippen LogP contribution < -0.4 is 16.0 Å². The number of carbonyl (C=O) groups is 1. The van der Waals surface area contributed by atoms with Gasteiger partial charge < -0.3 is 16.0 Å². The quantitative estimate of drug-likeness (QED) is 0.310. The van der Waals surface area contributed by atoms with Crippen LogP contribution in [-0.4, -0.2) is 23.9 Å². The number of hydrogen-bond acceptors (Lipinski definition) is 4. The van der Waals surface area contributed by atoms with Crippen molar-refractivity contribution < 1.29 is 4.79 Å². The molecule has 1 aliphatic carbocycles. The monoisotopic (exact) mass is 513 g/mol. The molecule has 1 saturated carbocycles. The Bertz CT molecular complexity index is 832. The summed E-state index contributed by atoms with van der Waals surface area (Å²) in [5, 5.41) is 10.7. The number of aryl methyl sites for hydroxylation is 2. The normalized spacial score (nSPS) is 14.0. The van der Waals surface area contributed by atoms with E-state index in [0.717, 1.165) is 47.2 Å². The van der Waals surface area contributed by atoms with Gasteiger partial charge in [-0.2, -0.15) is 0 Å². The Kier molecular flexibility index (Phi) is 8.68. The molecular weight excluding hydrogens is 485 g/mol. The Balaban J connectivity index is 0.00000280. The number of amides is 1. The zero-order valence-corrected chi connectivity index (χ0v) is 19.7. The highest BCUT2D eigenvalue weighted by Gasteiger charge is 2.25. The first-order valence-electron chi connectivity index (χ1n) is 9.32. The molecule has 0 radical (unpaired) electrons. The first-order valence-corrected chi connectivity index (χ1v) is 10.1. The van der Waals surface area contributed by atoms with E-state index in [0.29, 0.717) is 13.1 Å². The molecule has 3 rings (SSSR count). The SMILES string of the molecule is CN=C(NCc1cccc(NC(=O)C2CCC2)c1)NCc1sc(C)nc1C.I. The van der Waals surface area contributed by atoms with Gasteiger partial charge in [-0.1, -0.05) is 18.6 Å². The minimum Gasteiger partial charge on any atom is -0.352 e. The van der Waals surface area contributed by atoms with Crippen LogP contribution >= 0.6 is 35.3 Å². The van der Waals surface area contributed by atoms with Gasteiger partial charge in [0.15, 0.2) is 5.96 Å². The molecule has 1 aromatic carbocycles. The molecule has 1 amide bonds. The van der Waals surface area contributed by atoms with E-state index < -0.39 is 0 Å². The lowest BCUT2D eigenvalue weighted by molar-refractivity contribution is -0.122. The fourth-order valence-corrected chi connectivity index (χ4v) is 3.86. The lowest BCUT2D eigenvalue weighted by atomic mass is 9.85. The molecule has 3 N–H and O–H groups in total. The predicted octanol–water partition coefficient (Wildman–Crippen LogP) is 3.98. The third-order valence-electron chi connectivity index (χ3n) is 4.77. The summed E-state index contributed by atoms with van der Waals surface area (Å²) in [6, 6.07) is 7.94. The van der Waals surface area contributed by atoms with Gasteiger partial charge in [0.25, 0.3) is 0 Å². The van der Waals surface area contributed by atoms with E-state index in [4.69, 9.17) is 0 Å². The summed E-state index contributed by atoms with van der Waals surface area (Å²) >= 11 is 1.70. The van der Waals surface area contributed by atoms with Crippen LogP contribution in [-0.2, 0) is 17.9 Å². The van der Waals surface area contributed by atoms with Crippen LogP contribution in [0, 0.1) is 19.8 Å². The number of rotatable bonds is 6. The van der Waals surface area contributed by atoms with Crippen molar-refractivity contribution in [2.24, 2.45) is 10.9 Å². The van der Waals surface area contributed by atoms with Crippen molar-refractivity contribution in [2.75, 3.05) is 12.4 Å². The maximum Gasteiger partial charge on any atom is 0.227 e. The zero-order valence-electron chi connectivity index (χ0n) is 16.5. The van der Waals surface area contributed by atoms with E-state index in [1.807, 2.05) is 38.1 Å². The molecule has 28 heavy (non-hydrogen) atoms. The number of nitrogens with zero attached hydrogens (tertiary/aromatic N) is 2. The van der Waals surface area contributed by atoms with Crippen molar-refractivity contribution in [3.05, 3.63) is 45.4 Å². The van der Waals surface area contributed by atoms with Crippen molar-refractivity contribution in [1.29, 1.82) is 0 Å². The molecule has 0 saturated heterocycles. The summed E-state index contributed by atoms with van der Waals surface area (Å²) in [7, 11) is 1.76. The number of aromatic nitrogens is 1. The highest BCUT2D eigenvalue weighted by Crippen LogP contribution is 2.27. The van der Waals surface area contributed by atoms with E-state index in [1.165, 1.54) is 4.88 Å². The maximum atomic E-state index is 12.1. The number of halogens is 1. The number of carbonyl (C=O) groups excluding carboxylic acids is 1. The Morgan fingerprint density at radius 2 is 2.00 bits per heavy atom. The van der Waals surface area contributed by atoms with Gasteiger partial charge in [-0.05, 0) is 44.4 Å². The first kappa shape index (κ1) is 22.6. The van der Waals surface area contributed by atoms with E-state index in [2.05, 4.69) is 25.9 Å². The second-order valence-corrected chi connectivity index (χ2v) is 8.13. The molecule has 1 aromatic heterocycles. The topological polar surface area (TPSA) is 78.4 Å². The van der Waals surface area contributed by atoms with E-state index >= 15 is 0 Å². The minimum atomic E-state index is 0. The smallest absolute Gasteiger partial charge is 0.227 e.